The summed E-state index contributed by atoms with van der Waals surface area (Å²) in [5.41, 5.74) is 9.35. The minimum Gasteiger partial charge on any atom is -0.422 e. The van der Waals surface area contributed by atoms with Gasteiger partial charge in [-0.3, -0.25) is 9.69 Å². The van der Waals surface area contributed by atoms with E-state index in [2.05, 4.69) is 27.0 Å². The number of amides is 1. The quantitative estimate of drug-likeness (QED) is 0.314. The Morgan fingerprint density at radius 2 is 1.62 bits per heavy atom. The molecule has 1 amide bonds. The predicted octanol–water partition coefficient (Wildman–Crippen LogP) is 3.22. The van der Waals surface area contributed by atoms with Crippen LogP contribution in [0, 0.1) is 20.8 Å². The van der Waals surface area contributed by atoms with Gasteiger partial charge in [0, 0.05) is 32.7 Å². The molecule has 10 nitrogen and oxygen atoms in total. The molecule has 1 aliphatic heterocycles. The first-order valence-electron chi connectivity index (χ1n) is 12.8. The molecule has 0 aliphatic carbocycles. The molecule has 0 saturated carbocycles. The van der Waals surface area contributed by atoms with Crippen LogP contribution in [-0.2, 0) is 25.6 Å². The van der Waals surface area contributed by atoms with Gasteiger partial charge in [-0.05, 0) is 51.3 Å². The van der Waals surface area contributed by atoms with Gasteiger partial charge in [0.15, 0.2) is 0 Å². The first kappa shape index (κ1) is 28.5. The molecule has 1 atom stereocenters. The van der Waals surface area contributed by atoms with Crippen LogP contribution < -0.4 is 10.5 Å². The second kappa shape index (κ2) is 12.1. The molecular formula is C28H35N5O5S. The molecule has 1 saturated heterocycles. The highest BCUT2D eigenvalue weighted by atomic mass is 32.2. The molecule has 1 aromatic heterocycles. The number of likely N-dealkylation sites (tertiary alicyclic amines) is 1. The third-order valence-corrected chi connectivity index (χ3v) is 8.22. The number of ether oxygens (including phenoxy) is 1. The highest BCUT2D eigenvalue weighted by Gasteiger charge is 2.36. The highest BCUT2D eigenvalue weighted by molar-refractivity contribution is 7.86. The zero-order chi connectivity index (χ0) is 28.2. The molecule has 39 heavy (non-hydrogen) atoms. The topological polar surface area (TPSA) is 128 Å². The van der Waals surface area contributed by atoms with Gasteiger partial charge in [-0.1, -0.05) is 48.0 Å². The summed E-state index contributed by atoms with van der Waals surface area (Å²) in [6, 6.07) is 16.1. The minimum atomic E-state index is -4.34. The molecule has 2 aromatic carbocycles. The maximum Gasteiger partial charge on any atom is 0.319 e. The lowest BCUT2D eigenvalue weighted by atomic mass is 10.0. The van der Waals surface area contributed by atoms with Gasteiger partial charge in [-0.2, -0.15) is 18.4 Å². The van der Waals surface area contributed by atoms with Gasteiger partial charge in [-0.25, -0.2) is 4.18 Å². The van der Waals surface area contributed by atoms with E-state index in [0.717, 1.165) is 38.0 Å². The summed E-state index contributed by atoms with van der Waals surface area (Å²) in [5.74, 6) is -0.636. The maximum absolute atomic E-state index is 13.6. The van der Waals surface area contributed by atoms with E-state index in [0.29, 0.717) is 17.1 Å². The highest BCUT2D eigenvalue weighted by Crippen LogP contribution is 2.23. The van der Waals surface area contributed by atoms with Crippen LogP contribution in [0.2, 0.25) is 0 Å². The first-order chi connectivity index (χ1) is 18.5. The summed E-state index contributed by atoms with van der Waals surface area (Å²) in [6.45, 7) is 7.62. The number of rotatable bonds is 9. The van der Waals surface area contributed by atoms with Crippen LogP contribution in [0.15, 0.2) is 59.5 Å². The number of benzene rings is 2. The third-order valence-electron chi connectivity index (χ3n) is 6.95. The average Bonchev–Trinajstić information content (AvgIpc) is 2.91. The molecule has 3 aromatic rings. The van der Waals surface area contributed by atoms with Gasteiger partial charge in [0.25, 0.3) is 12.2 Å². The van der Waals surface area contributed by atoms with E-state index < -0.39 is 22.3 Å². The fraction of sp³-hybridized carbons (Fsp3) is 0.393. The van der Waals surface area contributed by atoms with E-state index in [1.54, 1.807) is 33.0 Å². The Morgan fingerprint density at radius 1 is 1.03 bits per heavy atom. The number of nitrogen functional groups attached to an aromatic ring is 1. The van der Waals surface area contributed by atoms with Crippen molar-refractivity contribution < 1.29 is 22.1 Å². The summed E-state index contributed by atoms with van der Waals surface area (Å²) in [5, 5.41) is 0. The third kappa shape index (κ3) is 7.11. The van der Waals surface area contributed by atoms with E-state index in [4.69, 9.17) is 14.7 Å². The number of likely N-dealkylation sites (N-methyl/N-ethyl adjacent to an activating group) is 1. The molecule has 1 fully saturated rings. The number of hydrogen-bond acceptors (Lipinski definition) is 9. The van der Waals surface area contributed by atoms with Crippen LogP contribution in [0.4, 0.5) is 5.69 Å². The molecule has 2 heterocycles. The normalized spacial score (nSPS) is 15.6. The van der Waals surface area contributed by atoms with Crippen LogP contribution >= 0.6 is 0 Å². The van der Waals surface area contributed by atoms with Gasteiger partial charge in [-0.15, -0.1) is 0 Å². The minimum absolute atomic E-state index is 0.0861. The van der Waals surface area contributed by atoms with Gasteiger partial charge >= 0.3 is 16.1 Å². The summed E-state index contributed by atoms with van der Waals surface area (Å²) in [6.07, 6.45) is -0.363. The molecule has 0 bridgehead atoms. The summed E-state index contributed by atoms with van der Waals surface area (Å²) in [7, 11) is -2.70. The van der Waals surface area contributed by atoms with E-state index in [9.17, 15) is 13.2 Å². The molecule has 2 N–H and O–H groups in total. The molecule has 1 unspecified atom stereocenters. The smallest absolute Gasteiger partial charge is 0.319 e. The van der Waals surface area contributed by atoms with Crippen molar-refractivity contribution in [2.45, 2.75) is 57.4 Å². The zero-order valence-corrected chi connectivity index (χ0v) is 23.5. The second-order valence-corrected chi connectivity index (χ2v) is 11.4. The van der Waals surface area contributed by atoms with E-state index in [-0.39, 0.29) is 16.9 Å². The largest absolute Gasteiger partial charge is 0.422 e. The Balaban J connectivity index is 1.51. The zero-order valence-electron chi connectivity index (χ0n) is 22.7. The predicted molar refractivity (Wildman–Crippen MR) is 147 cm³/mol. The van der Waals surface area contributed by atoms with Crippen LogP contribution in [0.25, 0.3) is 0 Å². The van der Waals surface area contributed by atoms with E-state index in [1.807, 2.05) is 25.1 Å². The van der Waals surface area contributed by atoms with Crippen molar-refractivity contribution in [2.75, 3.05) is 25.9 Å². The fourth-order valence-corrected chi connectivity index (χ4v) is 5.41. The van der Waals surface area contributed by atoms with E-state index >= 15 is 0 Å². The molecule has 208 valence electrons. The number of carbonyl (C=O) groups excluding carboxylic acids is 1. The Kier molecular flexibility index (Phi) is 8.83. The molecule has 0 spiro atoms. The molecule has 0 radical (unpaired) electrons. The number of nitrogens with zero attached hydrogens (tertiary/aromatic N) is 4. The Labute approximate surface area is 229 Å². The van der Waals surface area contributed by atoms with Crippen LogP contribution in [0.1, 0.15) is 35.4 Å². The SMILES string of the molecule is Cc1ccc(S(=O)(=O)OC(Oc2nc(C)c(N)c(C)n2)C(=O)N(C)C2CCN(Cc3ccccc3)CC2)cc1. The molecule has 11 heteroatoms. The summed E-state index contributed by atoms with van der Waals surface area (Å²) >= 11 is 0. The monoisotopic (exact) mass is 553 g/mol. The number of hydrogen-bond donors (Lipinski definition) is 1. The van der Waals surface area contributed by atoms with Gasteiger partial charge in [0.1, 0.15) is 0 Å². The van der Waals surface area contributed by atoms with Gasteiger partial charge < -0.3 is 15.4 Å². The van der Waals surface area contributed by atoms with Gasteiger partial charge in [0.2, 0.25) is 0 Å². The van der Waals surface area contributed by atoms with Crippen LogP contribution in [0.3, 0.4) is 0 Å². The molecule has 1 aliphatic rings. The Bertz CT molecular complexity index is 1370. The number of aromatic nitrogens is 2. The Hall–Kier alpha value is -3.54. The van der Waals surface area contributed by atoms with E-state index in [1.165, 1.54) is 22.6 Å². The van der Waals surface area contributed by atoms with Crippen molar-refractivity contribution in [1.29, 1.82) is 0 Å². The lowest BCUT2D eigenvalue weighted by Gasteiger charge is -2.37. The number of piperidine rings is 1. The number of anilines is 1. The van der Waals surface area contributed by atoms with Crippen molar-refractivity contribution in [3.63, 3.8) is 0 Å². The summed E-state index contributed by atoms with van der Waals surface area (Å²) < 4.78 is 37.3. The second-order valence-electron chi connectivity index (χ2n) is 9.85. The van der Waals surface area contributed by atoms with Crippen LogP contribution in [-0.4, -0.2) is 66.6 Å². The van der Waals surface area contributed by atoms with Crippen molar-refractivity contribution in [3.05, 3.63) is 77.1 Å². The van der Waals surface area contributed by atoms with Crippen molar-refractivity contribution in [2.24, 2.45) is 0 Å². The number of carbonyl (C=O) groups is 1. The number of aryl methyl sites for hydroxylation is 3. The lowest BCUT2D eigenvalue weighted by Crippen LogP contribution is -2.50. The molecular weight excluding hydrogens is 518 g/mol. The van der Waals surface area contributed by atoms with Crippen molar-refractivity contribution in [1.82, 2.24) is 19.8 Å². The van der Waals surface area contributed by atoms with Gasteiger partial charge in [0.05, 0.1) is 22.0 Å². The van der Waals surface area contributed by atoms with Crippen molar-refractivity contribution in [3.8, 4) is 6.01 Å². The standard InChI is InChI=1S/C28H35N5O5S/c1-19-10-12-24(13-11-19)39(35,36)38-27(37-28-30-20(2)25(29)21(3)31-28)26(34)32(4)23-14-16-33(17-15-23)18-22-8-6-5-7-9-22/h5-13,23,27H,14-18,29H2,1-4H3. The maximum atomic E-state index is 13.6. The molecule has 4 rings (SSSR count). The summed E-state index contributed by atoms with van der Waals surface area (Å²) in [4.78, 5) is 25.8. The van der Waals surface area contributed by atoms with Crippen LogP contribution in [0.5, 0.6) is 6.01 Å². The first-order valence-corrected chi connectivity index (χ1v) is 14.2. The number of nitrogens with two attached hydrogens (primary N) is 1. The fourth-order valence-electron chi connectivity index (χ4n) is 4.48. The van der Waals surface area contributed by atoms with Crippen molar-refractivity contribution >= 4 is 21.7 Å². The lowest BCUT2D eigenvalue weighted by molar-refractivity contribution is -0.153. The Morgan fingerprint density at radius 3 is 2.21 bits per heavy atom. The average molecular weight is 554 g/mol.